The maximum absolute atomic E-state index is 12.9. The lowest BCUT2D eigenvalue weighted by Crippen LogP contribution is -2.26. The van der Waals surface area contributed by atoms with Gasteiger partial charge in [-0.1, -0.05) is 6.42 Å². The number of alkyl halides is 2. The topological polar surface area (TPSA) is 37.3 Å². The molecule has 13 heavy (non-hydrogen) atoms. The van der Waals surface area contributed by atoms with Crippen molar-refractivity contribution in [1.82, 2.24) is 0 Å². The minimum atomic E-state index is -2.58. The van der Waals surface area contributed by atoms with Gasteiger partial charge in [0.05, 0.1) is 5.92 Å². The van der Waals surface area contributed by atoms with E-state index < -0.39 is 23.2 Å². The third kappa shape index (κ3) is 1.23. The third-order valence-electron chi connectivity index (χ3n) is 3.41. The Kier molecular flexibility index (Phi) is 1.66. The van der Waals surface area contributed by atoms with Crippen LogP contribution in [-0.4, -0.2) is 17.0 Å². The lowest BCUT2D eigenvalue weighted by Gasteiger charge is -2.26. The van der Waals surface area contributed by atoms with E-state index >= 15 is 0 Å². The van der Waals surface area contributed by atoms with E-state index in [1.165, 1.54) is 0 Å². The minimum Gasteiger partial charge on any atom is -0.481 e. The molecule has 2 aliphatic carbocycles. The Morgan fingerprint density at radius 1 is 1.46 bits per heavy atom. The van der Waals surface area contributed by atoms with Gasteiger partial charge in [0.25, 0.3) is 5.92 Å². The van der Waals surface area contributed by atoms with Crippen molar-refractivity contribution in [1.29, 1.82) is 0 Å². The lowest BCUT2D eigenvalue weighted by molar-refractivity contribution is -0.144. The lowest BCUT2D eigenvalue weighted by atomic mass is 9.78. The predicted molar refractivity (Wildman–Crippen MR) is 41.6 cm³/mol. The quantitative estimate of drug-likeness (QED) is 0.688. The molecule has 0 aromatic rings. The molecule has 0 aromatic carbocycles. The van der Waals surface area contributed by atoms with Crippen molar-refractivity contribution in [2.45, 2.75) is 38.0 Å². The smallest absolute Gasteiger partial charge is 0.306 e. The van der Waals surface area contributed by atoms with Crippen LogP contribution in [0, 0.1) is 11.3 Å². The van der Waals surface area contributed by atoms with Crippen LogP contribution in [0.5, 0.6) is 0 Å². The third-order valence-corrected chi connectivity index (χ3v) is 3.41. The highest BCUT2D eigenvalue weighted by Gasteiger charge is 2.71. The van der Waals surface area contributed by atoms with Crippen LogP contribution in [0.2, 0.25) is 0 Å². The van der Waals surface area contributed by atoms with E-state index in [-0.39, 0.29) is 12.8 Å². The Balaban J connectivity index is 2.06. The van der Waals surface area contributed by atoms with E-state index in [9.17, 15) is 13.6 Å². The van der Waals surface area contributed by atoms with Gasteiger partial charge in [0.2, 0.25) is 0 Å². The molecule has 74 valence electrons. The van der Waals surface area contributed by atoms with Crippen molar-refractivity contribution >= 4 is 5.97 Å². The maximum atomic E-state index is 12.9. The predicted octanol–water partition coefficient (Wildman–Crippen LogP) is 2.29. The summed E-state index contributed by atoms with van der Waals surface area (Å²) in [5.41, 5.74) is -0.936. The van der Waals surface area contributed by atoms with Gasteiger partial charge in [-0.15, -0.1) is 0 Å². The first-order valence-corrected chi connectivity index (χ1v) is 4.58. The summed E-state index contributed by atoms with van der Waals surface area (Å²) < 4.78 is 25.8. The van der Waals surface area contributed by atoms with E-state index in [4.69, 9.17) is 5.11 Å². The van der Waals surface area contributed by atoms with Crippen molar-refractivity contribution < 1.29 is 18.7 Å². The summed E-state index contributed by atoms with van der Waals surface area (Å²) >= 11 is 0. The van der Waals surface area contributed by atoms with Gasteiger partial charge in [-0.05, 0) is 19.3 Å². The molecule has 0 heterocycles. The fraction of sp³-hybridized carbons (Fsp3) is 0.889. The SMILES string of the molecule is O=C(O)C1CCCC2(C1)CC2(F)F. The zero-order valence-electron chi connectivity index (χ0n) is 7.22. The van der Waals surface area contributed by atoms with Gasteiger partial charge >= 0.3 is 5.97 Å². The second-order valence-corrected chi connectivity index (χ2v) is 4.29. The van der Waals surface area contributed by atoms with Crippen LogP contribution in [0.15, 0.2) is 0 Å². The number of rotatable bonds is 1. The summed E-state index contributed by atoms with van der Waals surface area (Å²) in [7, 11) is 0. The van der Waals surface area contributed by atoms with Crippen molar-refractivity contribution in [3.05, 3.63) is 0 Å². The van der Waals surface area contributed by atoms with Gasteiger partial charge in [0, 0.05) is 11.8 Å². The zero-order chi connectivity index (χ0) is 9.69. The molecule has 2 unspecified atom stereocenters. The van der Waals surface area contributed by atoms with E-state index in [1.54, 1.807) is 0 Å². The van der Waals surface area contributed by atoms with Crippen molar-refractivity contribution in [3.63, 3.8) is 0 Å². The number of aliphatic carboxylic acids is 1. The molecular formula is C9H12F2O2. The Morgan fingerprint density at radius 2 is 2.08 bits per heavy atom. The Labute approximate surface area is 74.9 Å². The first-order chi connectivity index (χ1) is 5.97. The molecule has 0 aromatic heterocycles. The molecule has 4 heteroatoms. The Morgan fingerprint density at radius 3 is 2.54 bits per heavy atom. The average Bonchev–Trinajstić information content (AvgIpc) is 2.52. The van der Waals surface area contributed by atoms with E-state index in [0.29, 0.717) is 19.3 Å². The van der Waals surface area contributed by atoms with Crippen LogP contribution in [0.25, 0.3) is 0 Å². The van der Waals surface area contributed by atoms with Crippen LogP contribution in [-0.2, 0) is 4.79 Å². The molecule has 0 amide bonds. The van der Waals surface area contributed by atoms with Crippen molar-refractivity contribution in [3.8, 4) is 0 Å². The molecular weight excluding hydrogens is 178 g/mol. The first kappa shape index (κ1) is 8.91. The second-order valence-electron chi connectivity index (χ2n) is 4.29. The van der Waals surface area contributed by atoms with Gasteiger partial charge in [0.1, 0.15) is 0 Å². The van der Waals surface area contributed by atoms with Crippen LogP contribution in [0.1, 0.15) is 32.1 Å². The summed E-state index contributed by atoms with van der Waals surface area (Å²) in [6.45, 7) is 0. The molecule has 2 rings (SSSR count). The van der Waals surface area contributed by atoms with Gasteiger partial charge in [-0.25, -0.2) is 8.78 Å². The monoisotopic (exact) mass is 190 g/mol. The molecule has 2 saturated carbocycles. The molecule has 1 N–H and O–H groups in total. The standard InChI is InChI=1S/C9H12F2O2/c10-9(11)5-8(9)3-1-2-6(4-8)7(12)13/h6H,1-5H2,(H,12,13). The fourth-order valence-corrected chi connectivity index (χ4v) is 2.45. The van der Waals surface area contributed by atoms with Gasteiger partial charge in [-0.3, -0.25) is 4.79 Å². The highest BCUT2D eigenvalue weighted by Crippen LogP contribution is 2.68. The van der Waals surface area contributed by atoms with E-state index in [2.05, 4.69) is 0 Å². The molecule has 2 aliphatic rings. The van der Waals surface area contributed by atoms with Crippen molar-refractivity contribution in [2.24, 2.45) is 11.3 Å². The number of carbonyl (C=O) groups is 1. The maximum Gasteiger partial charge on any atom is 0.306 e. The number of halogens is 2. The molecule has 2 fully saturated rings. The minimum absolute atomic E-state index is 0.0935. The molecule has 2 nitrogen and oxygen atoms in total. The Hall–Kier alpha value is -0.670. The number of carboxylic acids is 1. The molecule has 0 radical (unpaired) electrons. The largest absolute Gasteiger partial charge is 0.481 e. The number of hydrogen-bond donors (Lipinski definition) is 1. The number of hydrogen-bond acceptors (Lipinski definition) is 1. The molecule has 0 saturated heterocycles. The fourth-order valence-electron chi connectivity index (χ4n) is 2.45. The van der Waals surface area contributed by atoms with Crippen molar-refractivity contribution in [2.75, 3.05) is 0 Å². The van der Waals surface area contributed by atoms with Gasteiger partial charge in [0.15, 0.2) is 0 Å². The zero-order valence-corrected chi connectivity index (χ0v) is 7.22. The number of carboxylic acid groups (broad SMARTS) is 1. The first-order valence-electron chi connectivity index (χ1n) is 4.58. The summed E-state index contributed by atoms with van der Waals surface area (Å²) in [6, 6.07) is 0. The second kappa shape index (κ2) is 2.42. The highest BCUT2D eigenvalue weighted by atomic mass is 19.3. The Bertz CT molecular complexity index is 252. The molecule has 2 atom stereocenters. The van der Waals surface area contributed by atoms with Gasteiger partial charge < -0.3 is 5.11 Å². The summed E-state index contributed by atoms with van der Waals surface area (Å²) in [6.07, 6.45) is 1.78. The summed E-state index contributed by atoms with van der Waals surface area (Å²) in [5, 5.41) is 8.72. The molecule has 0 aliphatic heterocycles. The average molecular weight is 190 g/mol. The summed E-state index contributed by atoms with van der Waals surface area (Å²) in [5.74, 6) is -4.04. The van der Waals surface area contributed by atoms with E-state index in [1.807, 2.05) is 0 Å². The molecule has 0 bridgehead atoms. The van der Waals surface area contributed by atoms with Gasteiger partial charge in [-0.2, -0.15) is 0 Å². The summed E-state index contributed by atoms with van der Waals surface area (Å²) in [4.78, 5) is 10.6. The van der Waals surface area contributed by atoms with Crippen LogP contribution < -0.4 is 0 Å². The van der Waals surface area contributed by atoms with Crippen LogP contribution in [0.4, 0.5) is 8.78 Å². The van der Waals surface area contributed by atoms with Crippen LogP contribution >= 0.6 is 0 Å². The van der Waals surface area contributed by atoms with Crippen LogP contribution in [0.3, 0.4) is 0 Å². The highest BCUT2D eigenvalue weighted by molar-refractivity contribution is 5.70. The molecule has 1 spiro atoms. The normalized spacial score (nSPS) is 41.8. The van der Waals surface area contributed by atoms with E-state index in [0.717, 1.165) is 0 Å².